The highest BCUT2D eigenvalue weighted by atomic mass is 127. The molecule has 0 aliphatic heterocycles. The molecule has 11 heteroatoms. The Morgan fingerprint density at radius 2 is 2.18 bits per heavy atom. The summed E-state index contributed by atoms with van der Waals surface area (Å²) in [5, 5.41) is 15.4. The first-order valence-electron chi connectivity index (χ1n) is 8.98. The smallest absolute Gasteiger partial charge is 0.350 e. The number of halogens is 1. The van der Waals surface area contributed by atoms with Gasteiger partial charge in [-0.15, -0.1) is 45.5 Å². The summed E-state index contributed by atoms with van der Waals surface area (Å²) in [6.07, 6.45) is 2.57. The molecule has 2 rings (SSSR count). The molecule has 0 aliphatic carbocycles. The second kappa shape index (κ2) is 11.9. The molecule has 1 unspecified atom stereocenters. The average molecular weight is 521 g/mol. The highest BCUT2D eigenvalue weighted by Gasteiger charge is 2.20. The van der Waals surface area contributed by atoms with E-state index in [1.807, 2.05) is 18.4 Å². The second-order valence-corrected chi connectivity index (χ2v) is 6.88. The summed E-state index contributed by atoms with van der Waals surface area (Å²) >= 11 is 1.34. The zero-order chi connectivity index (χ0) is 19.8. The normalized spacial score (nSPS) is 12.2. The topological polar surface area (TPSA) is 106 Å². The molecule has 28 heavy (non-hydrogen) atoms. The first-order valence-corrected chi connectivity index (χ1v) is 9.80. The summed E-state index contributed by atoms with van der Waals surface area (Å²) < 4.78 is 7.09. The van der Waals surface area contributed by atoms with Gasteiger partial charge < -0.3 is 19.9 Å². The molecule has 0 saturated heterocycles. The summed E-state index contributed by atoms with van der Waals surface area (Å²) in [6.45, 7) is 9.42. The minimum Gasteiger partial charge on any atom is -0.462 e. The number of nitrogens with zero attached hydrogens (tertiary/aromatic N) is 5. The van der Waals surface area contributed by atoms with Gasteiger partial charge in [-0.3, -0.25) is 4.99 Å². The Labute approximate surface area is 186 Å². The van der Waals surface area contributed by atoms with Crippen molar-refractivity contribution in [2.45, 2.75) is 46.7 Å². The number of ether oxygens (including phenoxy) is 1. The predicted octanol–water partition coefficient (Wildman–Crippen LogP) is 2.33. The molecule has 0 amide bonds. The lowest BCUT2D eigenvalue weighted by atomic mass is 10.3. The first kappa shape index (κ1) is 24.3. The maximum absolute atomic E-state index is 12.0. The largest absolute Gasteiger partial charge is 0.462 e. The molecule has 2 N–H and O–H groups in total. The molecule has 0 saturated carbocycles. The third kappa shape index (κ3) is 6.40. The molecule has 0 aromatic carbocycles. The van der Waals surface area contributed by atoms with E-state index in [1.54, 1.807) is 20.3 Å². The van der Waals surface area contributed by atoms with Gasteiger partial charge >= 0.3 is 5.97 Å². The zero-order valence-corrected chi connectivity index (χ0v) is 20.0. The van der Waals surface area contributed by atoms with Crippen molar-refractivity contribution < 1.29 is 9.53 Å². The van der Waals surface area contributed by atoms with E-state index in [0.717, 1.165) is 23.8 Å². The Morgan fingerprint density at radius 1 is 1.43 bits per heavy atom. The number of aliphatic imine (C=N–C) groups is 1. The van der Waals surface area contributed by atoms with Gasteiger partial charge in [-0.1, -0.05) is 6.92 Å². The second-order valence-electron chi connectivity index (χ2n) is 5.85. The molecule has 2 aromatic rings. The molecule has 9 nitrogen and oxygen atoms in total. The minimum atomic E-state index is -0.325. The quantitative estimate of drug-likeness (QED) is 0.238. The van der Waals surface area contributed by atoms with E-state index in [1.165, 1.54) is 11.3 Å². The maximum atomic E-state index is 12.0. The van der Waals surface area contributed by atoms with Gasteiger partial charge in [-0.05, 0) is 20.8 Å². The summed E-state index contributed by atoms with van der Waals surface area (Å²) in [4.78, 5) is 21.3. The molecule has 0 aliphatic rings. The van der Waals surface area contributed by atoms with Gasteiger partial charge in [-0.2, -0.15) is 0 Å². The Kier molecular flexibility index (Phi) is 10.4. The van der Waals surface area contributed by atoms with E-state index in [4.69, 9.17) is 4.74 Å². The fraction of sp³-hybridized carbons (Fsp3) is 0.588. The van der Waals surface area contributed by atoms with Crippen LogP contribution in [0, 0.1) is 6.92 Å². The van der Waals surface area contributed by atoms with E-state index in [9.17, 15) is 4.79 Å². The lowest BCUT2D eigenvalue weighted by molar-refractivity contribution is 0.0531. The molecule has 0 bridgehead atoms. The van der Waals surface area contributed by atoms with Crippen molar-refractivity contribution in [3.05, 3.63) is 27.7 Å². The van der Waals surface area contributed by atoms with Crippen LogP contribution in [0.15, 0.2) is 11.3 Å². The van der Waals surface area contributed by atoms with E-state index < -0.39 is 0 Å². The number of guanidine groups is 1. The van der Waals surface area contributed by atoms with Crippen LogP contribution in [0.3, 0.4) is 0 Å². The number of nitrogens with one attached hydrogen (secondary N) is 2. The SMILES string of the molecule is CCOC(=O)c1sc(C(C)NC(=NC)NCCn2cnnc2CC)nc1C.I. The van der Waals surface area contributed by atoms with Crippen molar-refractivity contribution in [3.8, 4) is 0 Å². The number of aromatic nitrogens is 4. The predicted molar refractivity (Wildman–Crippen MR) is 121 cm³/mol. The van der Waals surface area contributed by atoms with Crippen molar-refractivity contribution in [1.82, 2.24) is 30.4 Å². The molecule has 0 radical (unpaired) electrons. The van der Waals surface area contributed by atoms with E-state index in [-0.39, 0.29) is 36.0 Å². The van der Waals surface area contributed by atoms with Crippen molar-refractivity contribution in [1.29, 1.82) is 0 Å². The summed E-state index contributed by atoms with van der Waals surface area (Å²) in [5.41, 5.74) is 0.685. The molecule has 156 valence electrons. The number of carbonyl (C=O) groups excluding carboxylic acids is 1. The summed E-state index contributed by atoms with van der Waals surface area (Å²) in [6, 6.07) is -0.0933. The van der Waals surface area contributed by atoms with Crippen molar-refractivity contribution in [2.24, 2.45) is 4.99 Å². The van der Waals surface area contributed by atoms with Crippen LogP contribution >= 0.6 is 35.3 Å². The number of hydrogen-bond acceptors (Lipinski definition) is 7. The van der Waals surface area contributed by atoms with E-state index >= 15 is 0 Å². The van der Waals surface area contributed by atoms with E-state index in [0.29, 0.717) is 29.7 Å². The van der Waals surface area contributed by atoms with Crippen LogP contribution in [0.25, 0.3) is 0 Å². The average Bonchev–Trinajstić information content (AvgIpc) is 3.27. The molecular formula is C17H28IN7O2S. The highest BCUT2D eigenvalue weighted by Crippen LogP contribution is 2.24. The maximum Gasteiger partial charge on any atom is 0.350 e. The highest BCUT2D eigenvalue weighted by molar-refractivity contribution is 14.0. The molecule has 2 heterocycles. The van der Waals surface area contributed by atoms with Crippen LogP contribution in [0.5, 0.6) is 0 Å². The molecule has 0 fully saturated rings. The van der Waals surface area contributed by atoms with Gasteiger partial charge in [0.1, 0.15) is 22.0 Å². The number of rotatable bonds is 8. The van der Waals surface area contributed by atoms with Gasteiger partial charge in [0.25, 0.3) is 0 Å². The Hall–Kier alpha value is -1.76. The van der Waals surface area contributed by atoms with Gasteiger partial charge in [0, 0.05) is 26.6 Å². The summed E-state index contributed by atoms with van der Waals surface area (Å²) in [7, 11) is 1.72. The summed E-state index contributed by atoms with van der Waals surface area (Å²) in [5.74, 6) is 1.30. The number of aryl methyl sites for hydroxylation is 2. The van der Waals surface area contributed by atoms with E-state index in [2.05, 4.69) is 37.7 Å². The Bertz CT molecular complexity index is 790. The van der Waals surface area contributed by atoms with Crippen LogP contribution in [0.2, 0.25) is 0 Å². The van der Waals surface area contributed by atoms with Gasteiger partial charge in [-0.25, -0.2) is 9.78 Å². The van der Waals surface area contributed by atoms with Crippen molar-refractivity contribution in [2.75, 3.05) is 20.2 Å². The first-order chi connectivity index (χ1) is 13.0. The number of esters is 1. The van der Waals surface area contributed by atoms with Gasteiger partial charge in [0.15, 0.2) is 5.96 Å². The fourth-order valence-electron chi connectivity index (χ4n) is 2.48. The Balaban J connectivity index is 0.00000392. The fourth-order valence-corrected chi connectivity index (χ4v) is 3.45. The molecule has 0 spiro atoms. The van der Waals surface area contributed by atoms with Crippen LogP contribution in [0.1, 0.15) is 53.0 Å². The van der Waals surface area contributed by atoms with Crippen LogP contribution in [-0.4, -0.2) is 51.9 Å². The van der Waals surface area contributed by atoms with Gasteiger partial charge in [0.2, 0.25) is 0 Å². The monoisotopic (exact) mass is 521 g/mol. The number of thiazole rings is 1. The number of hydrogen-bond donors (Lipinski definition) is 2. The minimum absolute atomic E-state index is 0. The van der Waals surface area contributed by atoms with Crippen molar-refractivity contribution in [3.63, 3.8) is 0 Å². The third-order valence-corrected chi connectivity index (χ3v) is 5.20. The molecular weight excluding hydrogens is 493 g/mol. The third-order valence-electron chi connectivity index (χ3n) is 3.88. The van der Waals surface area contributed by atoms with Crippen LogP contribution in [0.4, 0.5) is 0 Å². The lowest BCUT2D eigenvalue weighted by Crippen LogP contribution is -2.40. The zero-order valence-electron chi connectivity index (χ0n) is 16.9. The van der Waals surface area contributed by atoms with Crippen molar-refractivity contribution >= 4 is 47.2 Å². The lowest BCUT2D eigenvalue weighted by Gasteiger charge is -2.16. The molecule has 2 aromatic heterocycles. The molecule has 1 atom stereocenters. The standard InChI is InChI=1S/C17H27N7O2S.HI/c1-6-13-23-20-10-24(13)9-8-19-17(18-5)22-12(4)15-21-11(3)14(27-15)16(25)26-7-2;/h10,12H,6-9H2,1-5H3,(H2,18,19,22);1H. The van der Waals surface area contributed by atoms with Gasteiger partial charge in [0.05, 0.1) is 18.3 Å². The Morgan fingerprint density at radius 3 is 2.82 bits per heavy atom. The van der Waals surface area contributed by atoms with Crippen LogP contribution < -0.4 is 10.6 Å². The van der Waals surface area contributed by atoms with Crippen LogP contribution in [-0.2, 0) is 17.7 Å². The number of carbonyl (C=O) groups is 1.